The molecule has 0 heterocycles. The third-order valence-corrected chi connectivity index (χ3v) is 11.6. The van der Waals surface area contributed by atoms with E-state index >= 15 is 0 Å². The lowest BCUT2D eigenvalue weighted by Crippen LogP contribution is -2.59. The van der Waals surface area contributed by atoms with Crippen LogP contribution < -0.4 is 0 Å². The summed E-state index contributed by atoms with van der Waals surface area (Å²) in [6.07, 6.45) is 5.12. The first-order chi connectivity index (χ1) is 20.9. The molecule has 4 rings (SSSR count). The maximum Gasteiger partial charge on any atom is 0.314 e. The summed E-state index contributed by atoms with van der Waals surface area (Å²) >= 11 is 0. The summed E-state index contributed by atoms with van der Waals surface area (Å²) in [6.45, 7) is 12.6. The molecule has 11 nitrogen and oxygen atoms in total. The summed E-state index contributed by atoms with van der Waals surface area (Å²) in [5, 5.41) is 0. The maximum absolute atomic E-state index is 14.4. The van der Waals surface area contributed by atoms with Crippen molar-refractivity contribution in [3.8, 4) is 0 Å². The van der Waals surface area contributed by atoms with Crippen LogP contribution in [0.4, 0.5) is 0 Å². The van der Waals surface area contributed by atoms with Gasteiger partial charge < -0.3 is 28.4 Å². The van der Waals surface area contributed by atoms with E-state index in [1.807, 2.05) is 6.92 Å². The molecule has 1 spiro atoms. The Bertz CT molecular complexity index is 1150. The molecule has 11 heteroatoms. The van der Waals surface area contributed by atoms with Crippen molar-refractivity contribution in [1.82, 2.24) is 0 Å². The predicted octanol–water partition coefficient (Wildman–Crippen LogP) is 5.40. The molecule has 0 aromatic rings. The first kappa shape index (κ1) is 35.2. The van der Waals surface area contributed by atoms with E-state index in [9.17, 15) is 24.0 Å². The summed E-state index contributed by atoms with van der Waals surface area (Å²) in [5.41, 5.74) is -0.160. The minimum Gasteiger partial charge on any atom is -0.463 e. The maximum atomic E-state index is 14.4. The average molecular weight is 637 g/mol. The Morgan fingerprint density at radius 2 is 1.31 bits per heavy atom. The number of fused-ring (bicyclic) bond motifs is 3. The molecule has 0 radical (unpaired) electrons. The fourth-order valence-corrected chi connectivity index (χ4v) is 9.80. The van der Waals surface area contributed by atoms with Gasteiger partial charge in [-0.2, -0.15) is 0 Å². The number of carbonyl (C=O) groups excluding carboxylic acids is 5. The number of ether oxygens (including phenoxy) is 6. The van der Waals surface area contributed by atoms with E-state index in [0.717, 1.165) is 39.5 Å². The molecule has 4 saturated carbocycles. The van der Waals surface area contributed by atoms with Gasteiger partial charge in [0.05, 0.1) is 5.41 Å². The molecule has 4 fully saturated rings. The number of hydrogen-bond donors (Lipinski definition) is 0. The van der Waals surface area contributed by atoms with Crippen molar-refractivity contribution < 1.29 is 52.4 Å². The smallest absolute Gasteiger partial charge is 0.314 e. The highest BCUT2D eigenvalue weighted by molar-refractivity contribution is 5.77. The number of carbonyl (C=O) groups is 5. The Morgan fingerprint density at radius 1 is 0.689 bits per heavy atom. The molecule has 45 heavy (non-hydrogen) atoms. The van der Waals surface area contributed by atoms with Gasteiger partial charge in [0.25, 0.3) is 6.29 Å². The second kappa shape index (κ2) is 13.2. The van der Waals surface area contributed by atoms with Crippen LogP contribution in [0, 0.1) is 33.5 Å². The van der Waals surface area contributed by atoms with E-state index in [1.165, 1.54) is 52.9 Å². The van der Waals surface area contributed by atoms with Crippen LogP contribution in [-0.2, 0) is 52.4 Å². The van der Waals surface area contributed by atoms with Gasteiger partial charge in [0.15, 0.2) is 0 Å². The standard InChI is InChI=1S/C34H52O11/c1-20(41-22(3)36)25(18-40-21(2)35)44-29(28(42-23(4)37)43-24(5)38)45-30(39)33(8)13-9-12-32(7)26(33)11-15-34-17-16-31(6,19-34)14-10-27(32)34/h20,25-29H,9-19H2,1-8H3/t20?,25?,26?,27?,29?,31-,32-,33-,34+/m1/s1. The Kier molecular flexibility index (Phi) is 10.3. The Balaban J connectivity index is 1.64. The van der Waals surface area contributed by atoms with Crippen LogP contribution in [-0.4, -0.2) is 61.2 Å². The Labute approximate surface area is 266 Å². The number of rotatable bonds is 11. The summed E-state index contributed by atoms with van der Waals surface area (Å²) in [6, 6.07) is 0. The van der Waals surface area contributed by atoms with E-state index in [1.54, 1.807) is 0 Å². The van der Waals surface area contributed by atoms with Crippen molar-refractivity contribution in [2.75, 3.05) is 6.61 Å². The third kappa shape index (κ3) is 7.33. The lowest BCUT2D eigenvalue weighted by Gasteiger charge is -2.64. The summed E-state index contributed by atoms with van der Waals surface area (Å²) in [7, 11) is 0. The average Bonchev–Trinajstić information content (AvgIpc) is 3.16. The van der Waals surface area contributed by atoms with E-state index < -0.39 is 60.0 Å². The highest BCUT2D eigenvalue weighted by Crippen LogP contribution is 2.73. The van der Waals surface area contributed by atoms with Crippen molar-refractivity contribution in [2.45, 2.75) is 144 Å². The van der Waals surface area contributed by atoms with Crippen molar-refractivity contribution in [2.24, 2.45) is 33.5 Å². The van der Waals surface area contributed by atoms with Gasteiger partial charge >= 0.3 is 36.1 Å². The third-order valence-electron chi connectivity index (χ3n) is 11.6. The van der Waals surface area contributed by atoms with E-state index in [2.05, 4.69) is 13.8 Å². The van der Waals surface area contributed by atoms with Crippen molar-refractivity contribution in [3.05, 3.63) is 0 Å². The van der Waals surface area contributed by atoms with Crippen LogP contribution in [0.2, 0.25) is 0 Å². The van der Waals surface area contributed by atoms with Crippen molar-refractivity contribution in [1.29, 1.82) is 0 Å². The minimum atomic E-state index is -1.75. The zero-order valence-electron chi connectivity index (χ0n) is 28.2. The number of esters is 5. The molecule has 0 N–H and O–H groups in total. The summed E-state index contributed by atoms with van der Waals surface area (Å²) in [5.74, 6) is -2.77. The molecule has 0 aromatic heterocycles. The Hall–Kier alpha value is -2.69. The highest BCUT2D eigenvalue weighted by atomic mass is 16.8. The van der Waals surface area contributed by atoms with E-state index in [0.29, 0.717) is 23.2 Å². The monoisotopic (exact) mass is 636 g/mol. The van der Waals surface area contributed by atoms with E-state index in [4.69, 9.17) is 28.4 Å². The lowest BCUT2D eigenvalue weighted by molar-refractivity contribution is -0.289. The molecular formula is C34H52O11. The molecule has 2 bridgehead atoms. The first-order valence-corrected chi connectivity index (χ1v) is 16.4. The zero-order valence-corrected chi connectivity index (χ0v) is 28.2. The summed E-state index contributed by atoms with van der Waals surface area (Å²) < 4.78 is 33.1. The van der Waals surface area contributed by atoms with Gasteiger partial charge in [-0.3, -0.25) is 24.0 Å². The predicted molar refractivity (Wildman–Crippen MR) is 160 cm³/mol. The quantitative estimate of drug-likeness (QED) is 0.163. The molecule has 0 aliphatic heterocycles. The SMILES string of the molecule is CC(=O)OCC(OC(OC(=O)[C@]1(C)CCC[C@@]2(C)C3CC[C@]4(C)CC[C@@]3(CCC21)C4)C(OC(C)=O)OC(C)=O)C(C)OC(C)=O. The van der Waals surface area contributed by atoms with Crippen LogP contribution in [0.25, 0.3) is 0 Å². The normalized spacial score (nSPS) is 35.6. The van der Waals surface area contributed by atoms with Gasteiger partial charge in [0.1, 0.15) is 18.8 Å². The highest BCUT2D eigenvalue weighted by Gasteiger charge is 2.66. The largest absolute Gasteiger partial charge is 0.463 e. The van der Waals surface area contributed by atoms with Crippen molar-refractivity contribution >= 4 is 29.8 Å². The molecule has 4 aliphatic carbocycles. The van der Waals surface area contributed by atoms with Gasteiger partial charge in [-0.1, -0.05) is 20.3 Å². The fraction of sp³-hybridized carbons (Fsp3) is 0.853. The van der Waals surface area contributed by atoms with Gasteiger partial charge in [-0.15, -0.1) is 0 Å². The van der Waals surface area contributed by atoms with Crippen LogP contribution in [0.5, 0.6) is 0 Å². The lowest BCUT2D eigenvalue weighted by atomic mass is 9.40. The van der Waals surface area contributed by atoms with Crippen LogP contribution >= 0.6 is 0 Å². The number of hydrogen-bond acceptors (Lipinski definition) is 11. The second-order valence-electron chi connectivity index (χ2n) is 15.0. The van der Waals surface area contributed by atoms with Gasteiger partial charge in [0, 0.05) is 27.7 Å². The van der Waals surface area contributed by atoms with Crippen LogP contribution in [0.15, 0.2) is 0 Å². The Morgan fingerprint density at radius 3 is 1.91 bits per heavy atom. The van der Waals surface area contributed by atoms with E-state index in [-0.39, 0.29) is 17.9 Å². The molecule has 9 atom stereocenters. The topological polar surface area (TPSA) is 141 Å². The molecule has 0 saturated heterocycles. The first-order valence-electron chi connectivity index (χ1n) is 16.4. The van der Waals surface area contributed by atoms with Crippen LogP contribution in [0.1, 0.15) is 120 Å². The zero-order chi connectivity index (χ0) is 33.4. The van der Waals surface area contributed by atoms with Gasteiger partial charge in [0.2, 0.25) is 0 Å². The van der Waals surface area contributed by atoms with Crippen LogP contribution in [0.3, 0.4) is 0 Å². The second-order valence-corrected chi connectivity index (χ2v) is 15.0. The van der Waals surface area contributed by atoms with Gasteiger partial charge in [-0.25, -0.2) is 0 Å². The molecule has 4 aliphatic rings. The fourth-order valence-electron chi connectivity index (χ4n) is 9.80. The molecule has 0 aromatic carbocycles. The molecule has 5 unspecified atom stereocenters. The van der Waals surface area contributed by atoms with Gasteiger partial charge in [-0.05, 0) is 99.7 Å². The molecule has 0 amide bonds. The summed E-state index contributed by atoms with van der Waals surface area (Å²) in [4.78, 5) is 62.0. The molecular weight excluding hydrogens is 584 g/mol. The van der Waals surface area contributed by atoms with Crippen molar-refractivity contribution in [3.63, 3.8) is 0 Å². The molecule has 254 valence electrons. The minimum absolute atomic E-state index is 0.0425.